The van der Waals surface area contributed by atoms with Crippen molar-refractivity contribution in [2.75, 3.05) is 5.73 Å². The highest BCUT2D eigenvalue weighted by atomic mass is 35.5. The Labute approximate surface area is 130 Å². The minimum absolute atomic E-state index is 0.270. The van der Waals surface area contributed by atoms with E-state index in [0.29, 0.717) is 27.7 Å². The van der Waals surface area contributed by atoms with Crippen molar-refractivity contribution in [3.63, 3.8) is 0 Å². The molecule has 6 heteroatoms. The van der Waals surface area contributed by atoms with E-state index < -0.39 is 5.82 Å². The van der Waals surface area contributed by atoms with Gasteiger partial charge >= 0.3 is 0 Å². The van der Waals surface area contributed by atoms with Gasteiger partial charge in [0.05, 0.1) is 16.3 Å². The largest absolute Gasteiger partial charge is 0.382 e. The van der Waals surface area contributed by atoms with Crippen LogP contribution in [0, 0.1) is 5.82 Å². The first-order chi connectivity index (χ1) is 10.1. The molecule has 3 aromatic rings. The summed E-state index contributed by atoms with van der Waals surface area (Å²) in [7, 11) is 0. The van der Waals surface area contributed by atoms with Gasteiger partial charge in [0.2, 0.25) is 0 Å². The predicted molar refractivity (Wildman–Crippen MR) is 83.9 cm³/mol. The van der Waals surface area contributed by atoms with Crippen molar-refractivity contribution in [3.8, 4) is 22.4 Å². The topological polar surface area (TPSA) is 54.7 Å². The number of aromatic nitrogens is 2. The summed E-state index contributed by atoms with van der Waals surface area (Å²) in [5.74, 6) is -0.117. The molecule has 0 aliphatic carbocycles. The number of hydrogen-bond acceptors (Lipinski definition) is 2. The van der Waals surface area contributed by atoms with Crippen LogP contribution in [0.4, 0.5) is 10.2 Å². The summed E-state index contributed by atoms with van der Waals surface area (Å²) in [5.41, 5.74) is 8.67. The average Bonchev–Trinajstić information content (AvgIpc) is 2.81. The standard InChI is InChI=1S/C15H10Cl2FN3/c16-9-3-1-2-8(6-9)14-13(15(19)21-20-14)11-5-4-10(18)7-12(11)17/h1-7H,(H3,19,20,21). The molecule has 1 aromatic heterocycles. The van der Waals surface area contributed by atoms with E-state index in [2.05, 4.69) is 10.2 Å². The molecule has 21 heavy (non-hydrogen) atoms. The number of anilines is 1. The van der Waals surface area contributed by atoms with Crippen molar-refractivity contribution in [1.82, 2.24) is 10.2 Å². The molecule has 0 unspecified atom stereocenters. The Kier molecular flexibility index (Phi) is 3.57. The Morgan fingerprint density at radius 2 is 1.90 bits per heavy atom. The fraction of sp³-hybridized carbons (Fsp3) is 0. The zero-order valence-corrected chi connectivity index (χ0v) is 12.2. The molecule has 0 amide bonds. The SMILES string of the molecule is Nc1n[nH]c(-c2cccc(Cl)c2)c1-c1ccc(F)cc1Cl. The van der Waals surface area contributed by atoms with Crippen LogP contribution in [-0.4, -0.2) is 10.2 Å². The van der Waals surface area contributed by atoms with Crippen molar-refractivity contribution in [1.29, 1.82) is 0 Å². The van der Waals surface area contributed by atoms with Gasteiger partial charge in [-0.25, -0.2) is 4.39 Å². The normalized spacial score (nSPS) is 10.8. The van der Waals surface area contributed by atoms with Crippen molar-refractivity contribution >= 4 is 29.0 Å². The van der Waals surface area contributed by atoms with Crippen LogP contribution in [0.2, 0.25) is 10.0 Å². The number of nitrogen functional groups attached to an aromatic ring is 1. The Hall–Kier alpha value is -2.04. The van der Waals surface area contributed by atoms with Crippen LogP contribution in [0.25, 0.3) is 22.4 Å². The summed E-state index contributed by atoms with van der Waals surface area (Å²) in [6.45, 7) is 0. The Balaban J connectivity index is 2.22. The molecule has 2 aromatic carbocycles. The Morgan fingerprint density at radius 3 is 2.62 bits per heavy atom. The number of nitrogens with one attached hydrogen (secondary N) is 1. The van der Waals surface area contributed by atoms with E-state index in [0.717, 1.165) is 5.56 Å². The summed E-state index contributed by atoms with van der Waals surface area (Å²) in [6.07, 6.45) is 0. The number of rotatable bonds is 2. The summed E-state index contributed by atoms with van der Waals surface area (Å²) < 4.78 is 13.2. The maximum absolute atomic E-state index is 13.2. The third-order valence-corrected chi connectivity index (χ3v) is 3.66. The van der Waals surface area contributed by atoms with Crippen molar-refractivity contribution < 1.29 is 4.39 Å². The maximum atomic E-state index is 13.2. The van der Waals surface area contributed by atoms with Gasteiger partial charge in [0, 0.05) is 16.1 Å². The van der Waals surface area contributed by atoms with Gasteiger partial charge in [0.1, 0.15) is 5.82 Å². The minimum atomic E-state index is -0.407. The van der Waals surface area contributed by atoms with E-state index in [4.69, 9.17) is 28.9 Å². The highest BCUT2D eigenvalue weighted by Crippen LogP contribution is 2.39. The molecule has 0 saturated carbocycles. The van der Waals surface area contributed by atoms with Crippen LogP contribution < -0.4 is 5.73 Å². The van der Waals surface area contributed by atoms with Crippen LogP contribution in [0.1, 0.15) is 0 Å². The highest BCUT2D eigenvalue weighted by Gasteiger charge is 2.17. The van der Waals surface area contributed by atoms with Crippen LogP contribution in [-0.2, 0) is 0 Å². The van der Waals surface area contributed by atoms with E-state index in [1.165, 1.54) is 12.1 Å². The van der Waals surface area contributed by atoms with Gasteiger partial charge in [-0.15, -0.1) is 0 Å². The van der Waals surface area contributed by atoms with E-state index in [9.17, 15) is 4.39 Å². The number of H-pyrrole nitrogens is 1. The second kappa shape index (κ2) is 5.39. The molecule has 0 radical (unpaired) electrons. The lowest BCUT2D eigenvalue weighted by Gasteiger charge is -2.07. The van der Waals surface area contributed by atoms with Crippen molar-refractivity contribution in [2.45, 2.75) is 0 Å². The first-order valence-electron chi connectivity index (χ1n) is 6.11. The fourth-order valence-corrected chi connectivity index (χ4v) is 2.63. The molecule has 0 spiro atoms. The van der Waals surface area contributed by atoms with Gasteiger partial charge < -0.3 is 5.73 Å². The van der Waals surface area contributed by atoms with Gasteiger partial charge in [-0.1, -0.05) is 35.3 Å². The number of aromatic amines is 1. The summed E-state index contributed by atoms with van der Waals surface area (Å²) >= 11 is 12.1. The van der Waals surface area contributed by atoms with E-state index in [1.54, 1.807) is 18.2 Å². The van der Waals surface area contributed by atoms with Crippen molar-refractivity contribution in [3.05, 3.63) is 58.3 Å². The summed E-state index contributed by atoms with van der Waals surface area (Å²) in [4.78, 5) is 0. The lowest BCUT2D eigenvalue weighted by Crippen LogP contribution is -1.90. The first-order valence-corrected chi connectivity index (χ1v) is 6.87. The van der Waals surface area contributed by atoms with Gasteiger partial charge in [0.25, 0.3) is 0 Å². The van der Waals surface area contributed by atoms with Crippen LogP contribution >= 0.6 is 23.2 Å². The predicted octanol–water partition coefficient (Wildman–Crippen LogP) is 4.77. The second-order valence-electron chi connectivity index (χ2n) is 4.49. The van der Waals surface area contributed by atoms with E-state index >= 15 is 0 Å². The third kappa shape index (κ3) is 2.60. The maximum Gasteiger partial charge on any atom is 0.153 e. The molecule has 3 nitrogen and oxygen atoms in total. The molecular formula is C15H10Cl2FN3. The number of nitrogens with two attached hydrogens (primary N) is 1. The van der Waals surface area contributed by atoms with E-state index in [1.807, 2.05) is 12.1 Å². The second-order valence-corrected chi connectivity index (χ2v) is 5.34. The zero-order chi connectivity index (χ0) is 15.0. The Morgan fingerprint density at radius 1 is 1.10 bits per heavy atom. The number of hydrogen-bond donors (Lipinski definition) is 2. The van der Waals surface area contributed by atoms with Gasteiger partial charge in [-0.05, 0) is 30.3 Å². The molecule has 0 fully saturated rings. The quantitative estimate of drug-likeness (QED) is 0.714. The Bertz CT molecular complexity index is 814. The molecule has 1 heterocycles. The van der Waals surface area contributed by atoms with E-state index in [-0.39, 0.29) is 5.02 Å². The summed E-state index contributed by atoms with van der Waals surface area (Å²) in [6, 6.07) is 11.4. The average molecular weight is 322 g/mol. The molecular weight excluding hydrogens is 312 g/mol. The van der Waals surface area contributed by atoms with Crippen LogP contribution in [0.15, 0.2) is 42.5 Å². The molecule has 3 rings (SSSR count). The molecule has 3 N–H and O–H groups in total. The lowest BCUT2D eigenvalue weighted by molar-refractivity contribution is 0.628. The van der Waals surface area contributed by atoms with Gasteiger partial charge in [-0.3, -0.25) is 5.10 Å². The lowest BCUT2D eigenvalue weighted by atomic mass is 10.0. The molecule has 0 bridgehead atoms. The molecule has 0 atom stereocenters. The van der Waals surface area contributed by atoms with Gasteiger partial charge in [0.15, 0.2) is 5.82 Å². The van der Waals surface area contributed by atoms with Crippen LogP contribution in [0.5, 0.6) is 0 Å². The molecule has 0 aliphatic rings. The smallest absolute Gasteiger partial charge is 0.153 e. The molecule has 0 saturated heterocycles. The molecule has 106 valence electrons. The highest BCUT2D eigenvalue weighted by molar-refractivity contribution is 6.33. The monoisotopic (exact) mass is 321 g/mol. The first kappa shape index (κ1) is 13.9. The van der Waals surface area contributed by atoms with Gasteiger partial charge in [-0.2, -0.15) is 5.10 Å². The minimum Gasteiger partial charge on any atom is -0.382 e. The zero-order valence-electron chi connectivity index (χ0n) is 10.7. The molecule has 0 aliphatic heterocycles. The number of nitrogens with zero attached hydrogens (tertiary/aromatic N) is 1. The third-order valence-electron chi connectivity index (χ3n) is 3.11. The number of halogens is 3. The van der Waals surface area contributed by atoms with Crippen LogP contribution in [0.3, 0.4) is 0 Å². The fourth-order valence-electron chi connectivity index (χ4n) is 2.17. The summed E-state index contributed by atoms with van der Waals surface area (Å²) in [5, 5.41) is 7.76. The van der Waals surface area contributed by atoms with Crippen molar-refractivity contribution in [2.24, 2.45) is 0 Å². The number of benzene rings is 2.